The fourth-order valence-electron chi connectivity index (χ4n) is 3.84. The van der Waals surface area contributed by atoms with Gasteiger partial charge in [-0.25, -0.2) is 0 Å². The molecule has 1 aliphatic rings. The Kier molecular flexibility index (Phi) is 4.95. The van der Waals surface area contributed by atoms with E-state index in [4.69, 9.17) is 0 Å². The maximum atomic E-state index is 12.7. The zero-order chi connectivity index (χ0) is 19.1. The number of hydrogen-bond acceptors (Lipinski definition) is 3. The van der Waals surface area contributed by atoms with Gasteiger partial charge in [0.25, 0.3) is 0 Å². The molecule has 0 bridgehead atoms. The van der Waals surface area contributed by atoms with Crippen LogP contribution in [0.15, 0.2) is 28.7 Å². The average molecular weight is 445 g/mol. The second-order valence-corrected chi connectivity index (χ2v) is 9.37. The quantitative estimate of drug-likeness (QED) is 0.565. The number of ketones is 1. The van der Waals surface area contributed by atoms with E-state index in [1.165, 1.54) is 11.3 Å². The third-order valence-electron chi connectivity index (χ3n) is 5.22. The molecular weight excluding hydrogens is 424 g/mol. The number of aromatic nitrogens is 1. The number of hydrogen-bond donors (Lipinski definition) is 1. The summed E-state index contributed by atoms with van der Waals surface area (Å²) >= 11 is 5.22. The molecule has 0 spiro atoms. The molecule has 27 heavy (non-hydrogen) atoms. The number of fused-ring (bicyclic) bond motifs is 3. The Morgan fingerprint density at radius 2 is 2.07 bits per heavy atom. The molecule has 0 saturated heterocycles. The highest BCUT2D eigenvalue weighted by atomic mass is 79.9. The third-order valence-corrected chi connectivity index (χ3v) is 6.85. The van der Waals surface area contributed by atoms with E-state index < -0.39 is 0 Å². The van der Waals surface area contributed by atoms with Crippen LogP contribution in [0.5, 0.6) is 0 Å². The topological polar surface area (TPSA) is 53.2 Å². The second-order valence-electron chi connectivity index (χ2n) is 7.06. The van der Waals surface area contributed by atoms with E-state index in [-0.39, 0.29) is 24.5 Å². The number of aryl methyl sites for hydroxylation is 2. The van der Waals surface area contributed by atoms with E-state index in [1.54, 1.807) is 11.3 Å². The van der Waals surface area contributed by atoms with Crippen molar-refractivity contribution in [2.24, 2.45) is 0 Å². The summed E-state index contributed by atoms with van der Waals surface area (Å²) in [5, 5.41) is 1.16. The van der Waals surface area contributed by atoms with Crippen LogP contribution in [0, 0.1) is 13.8 Å². The molecule has 1 N–H and O–H groups in total. The number of para-hydroxylation sites is 1. The van der Waals surface area contributed by atoms with Gasteiger partial charge in [-0.05, 0) is 41.9 Å². The molecule has 3 heterocycles. The molecule has 1 aromatic carbocycles. The summed E-state index contributed by atoms with van der Waals surface area (Å²) in [5.41, 5.74) is 4.27. The van der Waals surface area contributed by atoms with Crippen molar-refractivity contribution in [2.45, 2.75) is 39.7 Å². The van der Waals surface area contributed by atoms with E-state index in [2.05, 4.69) is 27.0 Å². The predicted octanol–water partition coefficient (Wildman–Crippen LogP) is 5.16. The Morgan fingerprint density at radius 3 is 2.81 bits per heavy atom. The number of nitrogens with one attached hydrogen (secondary N) is 1. The zero-order valence-electron chi connectivity index (χ0n) is 15.4. The summed E-state index contributed by atoms with van der Waals surface area (Å²) in [7, 11) is 0. The third kappa shape index (κ3) is 3.48. The molecule has 0 aliphatic carbocycles. The van der Waals surface area contributed by atoms with Gasteiger partial charge < -0.3 is 9.88 Å². The second kappa shape index (κ2) is 7.24. The van der Waals surface area contributed by atoms with Gasteiger partial charge in [0.05, 0.1) is 5.52 Å². The first-order chi connectivity index (χ1) is 12.9. The van der Waals surface area contributed by atoms with Gasteiger partial charge in [-0.15, -0.1) is 11.3 Å². The maximum Gasteiger partial charge on any atom is 0.223 e. The monoisotopic (exact) mass is 444 g/mol. The van der Waals surface area contributed by atoms with Gasteiger partial charge in [-0.2, -0.15) is 0 Å². The Morgan fingerprint density at radius 1 is 1.26 bits per heavy atom. The van der Waals surface area contributed by atoms with Crippen molar-refractivity contribution in [3.63, 3.8) is 0 Å². The number of carbonyl (C=O) groups excluding carboxylic acids is 2. The van der Waals surface area contributed by atoms with E-state index in [0.717, 1.165) is 37.1 Å². The van der Waals surface area contributed by atoms with Gasteiger partial charge in [0.2, 0.25) is 5.91 Å². The fourth-order valence-corrected chi connectivity index (χ4v) is 5.24. The highest BCUT2D eigenvalue weighted by Crippen LogP contribution is 2.32. The molecule has 140 valence electrons. The van der Waals surface area contributed by atoms with Crippen molar-refractivity contribution in [2.75, 3.05) is 6.54 Å². The maximum absolute atomic E-state index is 12.7. The van der Waals surface area contributed by atoms with Crippen LogP contribution >= 0.6 is 27.3 Å². The minimum absolute atomic E-state index is 0.0583. The minimum Gasteiger partial charge on any atom is -0.357 e. The molecule has 0 radical (unpaired) electrons. The van der Waals surface area contributed by atoms with Crippen molar-refractivity contribution < 1.29 is 9.59 Å². The van der Waals surface area contributed by atoms with Gasteiger partial charge in [0.15, 0.2) is 5.78 Å². The number of benzene rings is 1. The first-order valence-corrected chi connectivity index (χ1v) is 10.7. The van der Waals surface area contributed by atoms with Gasteiger partial charge >= 0.3 is 0 Å². The standard InChI is InChI=1S/C21H21BrN2O2S/c1-12-10-15(13(2)27-12)19(25)6-7-20(26)24-9-8-18-16(11-24)14-4-3-5-17(22)21(14)23-18/h3-5,10,23H,6-9,11H2,1-2H3. The Bertz CT molecular complexity index is 1050. The lowest BCUT2D eigenvalue weighted by Crippen LogP contribution is -2.35. The normalized spacial score (nSPS) is 13.8. The van der Waals surface area contributed by atoms with Crippen LogP contribution in [-0.4, -0.2) is 28.1 Å². The fraction of sp³-hybridized carbons (Fsp3) is 0.333. The highest BCUT2D eigenvalue weighted by molar-refractivity contribution is 9.10. The molecule has 4 rings (SSSR count). The van der Waals surface area contributed by atoms with E-state index in [9.17, 15) is 9.59 Å². The molecule has 0 fully saturated rings. The number of H-pyrrole nitrogens is 1. The van der Waals surface area contributed by atoms with Crippen LogP contribution < -0.4 is 0 Å². The Hall–Kier alpha value is -1.92. The number of halogens is 1. The van der Waals surface area contributed by atoms with Crippen LogP contribution in [0.4, 0.5) is 0 Å². The first kappa shape index (κ1) is 18.4. The lowest BCUT2D eigenvalue weighted by molar-refractivity contribution is -0.132. The number of rotatable bonds is 4. The van der Waals surface area contributed by atoms with Crippen LogP contribution in [-0.2, 0) is 17.8 Å². The van der Waals surface area contributed by atoms with Gasteiger partial charge in [-0.1, -0.05) is 12.1 Å². The molecule has 0 saturated carbocycles. The molecule has 6 heteroatoms. The van der Waals surface area contributed by atoms with Gasteiger partial charge in [0, 0.05) is 68.8 Å². The number of Topliss-reactive ketones (excluding diaryl/α,β-unsaturated/α-hetero) is 1. The summed E-state index contributed by atoms with van der Waals surface area (Å²) in [5.74, 6) is 0.127. The SMILES string of the molecule is Cc1cc(C(=O)CCC(=O)N2CCc3[nH]c4c(Br)cccc4c3C2)c(C)s1. The minimum atomic E-state index is 0.0583. The first-order valence-electron chi connectivity index (χ1n) is 9.10. The molecular formula is C21H21BrN2O2S. The summed E-state index contributed by atoms with van der Waals surface area (Å²) < 4.78 is 1.04. The Balaban J connectivity index is 1.45. The zero-order valence-corrected chi connectivity index (χ0v) is 17.8. The predicted molar refractivity (Wildman–Crippen MR) is 112 cm³/mol. The lowest BCUT2D eigenvalue weighted by Gasteiger charge is -2.27. The number of nitrogens with zero attached hydrogens (tertiary/aromatic N) is 1. The van der Waals surface area contributed by atoms with Crippen LogP contribution in [0.2, 0.25) is 0 Å². The van der Waals surface area contributed by atoms with Crippen molar-refractivity contribution in [1.82, 2.24) is 9.88 Å². The summed E-state index contributed by atoms with van der Waals surface area (Å²) in [6, 6.07) is 8.07. The van der Waals surface area contributed by atoms with Crippen LogP contribution in [0.25, 0.3) is 10.9 Å². The van der Waals surface area contributed by atoms with Crippen molar-refractivity contribution in [3.8, 4) is 0 Å². The molecule has 2 aromatic heterocycles. The van der Waals surface area contributed by atoms with E-state index >= 15 is 0 Å². The molecule has 1 amide bonds. The van der Waals surface area contributed by atoms with Gasteiger partial charge in [0.1, 0.15) is 0 Å². The summed E-state index contributed by atoms with van der Waals surface area (Å²) in [6.07, 6.45) is 1.37. The van der Waals surface area contributed by atoms with E-state index in [0.29, 0.717) is 13.1 Å². The number of amides is 1. The molecule has 4 nitrogen and oxygen atoms in total. The Labute approximate surface area is 170 Å². The van der Waals surface area contributed by atoms with Crippen molar-refractivity contribution in [3.05, 3.63) is 55.3 Å². The highest BCUT2D eigenvalue weighted by Gasteiger charge is 2.25. The average Bonchev–Trinajstić information content (AvgIpc) is 3.19. The van der Waals surface area contributed by atoms with Gasteiger partial charge in [-0.3, -0.25) is 9.59 Å². The molecule has 1 aliphatic heterocycles. The number of thiophene rings is 1. The largest absolute Gasteiger partial charge is 0.357 e. The number of aromatic amines is 1. The lowest BCUT2D eigenvalue weighted by atomic mass is 10.0. The van der Waals surface area contributed by atoms with Crippen LogP contribution in [0.1, 0.15) is 44.2 Å². The van der Waals surface area contributed by atoms with E-state index in [1.807, 2.05) is 36.9 Å². The molecule has 3 aromatic rings. The summed E-state index contributed by atoms with van der Waals surface area (Å²) in [4.78, 5) is 32.7. The molecule has 0 unspecified atom stereocenters. The smallest absolute Gasteiger partial charge is 0.223 e. The molecule has 0 atom stereocenters. The van der Waals surface area contributed by atoms with Crippen molar-refractivity contribution >= 4 is 49.9 Å². The summed E-state index contributed by atoms with van der Waals surface area (Å²) in [6.45, 7) is 5.27. The van der Waals surface area contributed by atoms with Crippen molar-refractivity contribution in [1.29, 1.82) is 0 Å². The number of carbonyl (C=O) groups is 2. The van der Waals surface area contributed by atoms with Crippen LogP contribution in [0.3, 0.4) is 0 Å².